The summed E-state index contributed by atoms with van der Waals surface area (Å²) < 4.78 is 28.5. The van der Waals surface area contributed by atoms with E-state index in [1.54, 1.807) is 24.3 Å². The first-order valence-electron chi connectivity index (χ1n) is 12.6. The number of halogens is 2. The first-order chi connectivity index (χ1) is 18.5. The van der Waals surface area contributed by atoms with E-state index in [-0.39, 0.29) is 24.9 Å². The minimum Gasteiger partial charge on any atom is -0.352 e. The van der Waals surface area contributed by atoms with Gasteiger partial charge in [0.25, 0.3) is 0 Å². The molecule has 0 aliphatic heterocycles. The van der Waals surface area contributed by atoms with Crippen LogP contribution in [0.2, 0.25) is 0 Å². The molecule has 208 valence electrons. The van der Waals surface area contributed by atoms with E-state index in [1.165, 1.54) is 4.90 Å². The van der Waals surface area contributed by atoms with Crippen molar-refractivity contribution in [3.8, 4) is 0 Å². The molecule has 0 fully saturated rings. The summed E-state index contributed by atoms with van der Waals surface area (Å²) in [6.07, 6.45) is 2.09. The Labute approximate surface area is 253 Å². The van der Waals surface area contributed by atoms with Crippen molar-refractivity contribution in [2.24, 2.45) is 0 Å². The Kier molecular flexibility index (Phi) is 11.4. The largest absolute Gasteiger partial charge is 0.352 e. The molecular formula is C29H33BrIN3O4S. The van der Waals surface area contributed by atoms with Crippen molar-refractivity contribution in [1.29, 1.82) is 0 Å². The van der Waals surface area contributed by atoms with Crippen LogP contribution in [-0.2, 0) is 32.6 Å². The third kappa shape index (κ3) is 9.32. The molecule has 7 nitrogen and oxygen atoms in total. The second-order valence-electron chi connectivity index (χ2n) is 9.42. The van der Waals surface area contributed by atoms with Gasteiger partial charge in [0.15, 0.2) is 0 Å². The molecule has 0 aliphatic carbocycles. The Bertz CT molecular complexity index is 1370. The number of carbonyl (C=O) groups excluding carboxylic acids is 2. The molecule has 0 saturated carbocycles. The number of rotatable bonds is 12. The molecule has 10 heteroatoms. The SMILES string of the molecule is CC[C@H](C)NC(=O)[C@@H](Cc1ccccc1)N(Cc1cccc(Br)c1)C(=O)CN(c1ccc(I)cc1)S(C)(=O)=O. The normalized spacial score (nSPS) is 12.8. The summed E-state index contributed by atoms with van der Waals surface area (Å²) in [5.41, 5.74) is 2.09. The molecule has 0 unspecified atom stereocenters. The van der Waals surface area contributed by atoms with Crippen LogP contribution in [0.5, 0.6) is 0 Å². The highest BCUT2D eigenvalue weighted by atomic mass is 127. The van der Waals surface area contributed by atoms with Crippen LogP contribution >= 0.6 is 38.5 Å². The number of anilines is 1. The van der Waals surface area contributed by atoms with E-state index in [1.807, 2.05) is 68.4 Å². The van der Waals surface area contributed by atoms with E-state index in [4.69, 9.17) is 0 Å². The summed E-state index contributed by atoms with van der Waals surface area (Å²) in [5.74, 6) is -0.754. The van der Waals surface area contributed by atoms with Crippen LogP contribution in [0.1, 0.15) is 31.4 Å². The Morgan fingerprint density at radius 3 is 2.21 bits per heavy atom. The third-order valence-corrected chi connectivity index (χ3v) is 8.66. The average Bonchev–Trinajstić information content (AvgIpc) is 2.89. The second kappa shape index (κ2) is 14.3. The summed E-state index contributed by atoms with van der Waals surface area (Å²) in [5, 5.41) is 3.03. The minimum absolute atomic E-state index is 0.0853. The minimum atomic E-state index is -3.79. The molecule has 0 saturated heterocycles. The van der Waals surface area contributed by atoms with Gasteiger partial charge in [0, 0.05) is 27.1 Å². The van der Waals surface area contributed by atoms with Crippen LogP contribution in [0, 0.1) is 3.57 Å². The number of hydrogen-bond acceptors (Lipinski definition) is 4. The van der Waals surface area contributed by atoms with Gasteiger partial charge in [-0.15, -0.1) is 0 Å². The van der Waals surface area contributed by atoms with Crippen molar-refractivity contribution in [2.75, 3.05) is 17.1 Å². The fourth-order valence-corrected chi connectivity index (χ4v) is 5.70. The smallest absolute Gasteiger partial charge is 0.244 e. The number of nitrogens with one attached hydrogen (secondary N) is 1. The summed E-state index contributed by atoms with van der Waals surface area (Å²) in [6.45, 7) is 3.59. The number of carbonyl (C=O) groups is 2. The molecule has 3 aromatic carbocycles. The quantitative estimate of drug-likeness (QED) is 0.255. The van der Waals surface area contributed by atoms with Crippen LogP contribution in [0.15, 0.2) is 83.3 Å². The van der Waals surface area contributed by atoms with Crippen LogP contribution in [-0.4, -0.2) is 50.0 Å². The molecule has 2 amide bonds. The summed E-state index contributed by atoms with van der Waals surface area (Å²) in [7, 11) is -3.79. The zero-order chi connectivity index (χ0) is 28.6. The van der Waals surface area contributed by atoms with Crippen LogP contribution in [0.4, 0.5) is 5.69 Å². The lowest BCUT2D eigenvalue weighted by Gasteiger charge is -2.34. The zero-order valence-electron chi connectivity index (χ0n) is 22.2. The number of amides is 2. The van der Waals surface area contributed by atoms with Gasteiger partial charge in [-0.25, -0.2) is 8.42 Å². The molecule has 0 radical (unpaired) electrons. The van der Waals surface area contributed by atoms with Crippen LogP contribution < -0.4 is 9.62 Å². The molecule has 0 aromatic heterocycles. The molecular weight excluding hydrogens is 693 g/mol. The van der Waals surface area contributed by atoms with Crippen molar-refractivity contribution in [3.63, 3.8) is 0 Å². The first kappa shape index (κ1) is 31.1. The van der Waals surface area contributed by atoms with E-state index >= 15 is 0 Å². The predicted molar refractivity (Wildman–Crippen MR) is 168 cm³/mol. The lowest BCUT2D eigenvalue weighted by Crippen LogP contribution is -2.54. The van der Waals surface area contributed by atoms with Gasteiger partial charge in [-0.05, 0) is 83.5 Å². The Balaban J connectivity index is 2.05. The third-order valence-electron chi connectivity index (χ3n) is 6.31. The predicted octanol–water partition coefficient (Wildman–Crippen LogP) is 5.37. The molecule has 0 aliphatic rings. The van der Waals surface area contributed by atoms with Crippen molar-refractivity contribution >= 4 is 66.0 Å². The second-order valence-corrected chi connectivity index (χ2v) is 13.5. The summed E-state index contributed by atoms with van der Waals surface area (Å²) in [6, 6.07) is 23.0. The Morgan fingerprint density at radius 1 is 0.974 bits per heavy atom. The molecule has 0 bridgehead atoms. The van der Waals surface area contributed by atoms with Gasteiger partial charge in [0.1, 0.15) is 12.6 Å². The highest BCUT2D eigenvalue weighted by Crippen LogP contribution is 2.22. The maximum Gasteiger partial charge on any atom is 0.244 e. The van der Waals surface area contributed by atoms with Crippen molar-refractivity contribution in [2.45, 2.75) is 45.3 Å². The summed E-state index contributed by atoms with van der Waals surface area (Å²) >= 11 is 5.62. The standard InChI is InChI=1S/C29H33BrIN3O4S/c1-4-21(2)32-29(36)27(18-22-9-6-5-7-10-22)33(19-23-11-8-12-24(30)17-23)28(35)20-34(39(3,37)38)26-15-13-25(31)14-16-26/h5-17,21,27H,4,18-20H2,1-3H3,(H,32,36)/t21-,27+/m0/s1. The monoisotopic (exact) mass is 725 g/mol. The van der Waals surface area contributed by atoms with E-state index in [2.05, 4.69) is 43.8 Å². The van der Waals surface area contributed by atoms with E-state index < -0.39 is 28.5 Å². The Morgan fingerprint density at radius 2 is 1.62 bits per heavy atom. The molecule has 39 heavy (non-hydrogen) atoms. The highest BCUT2D eigenvalue weighted by molar-refractivity contribution is 14.1. The lowest BCUT2D eigenvalue weighted by molar-refractivity contribution is -0.140. The van der Waals surface area contributed by atoms with Crippen molar-refractivity contribution in [3.05, 3.63) is 98.0 Å². The van der Waals surface area contributed by atoms with Crippen molar-refractivity contribution in [1.82, 2.24) is 10.2 Å². The molecule has 3 aromatic rings. The van der Waals surface area contributed by atoms with Gasteiger partial charge in [-0.3, -0.25) is 13.9 Å². The maximum absolute atomic E-state index is 14.0. The number of sulfonamides is 1. The molecule has 1 N–H and O–H groups in total. The van der Waals surface area contributed by atoms with Crippen molar-refractivity contribution < 1.29 is 18.0 Å². The van der Waals surface area contributed by atoms with E-state index in [9.17, 15) is 18.0 Å². The van der Waals surface area contributed by atoms with Gasteiger partial charge in [0.2, 0.25) is 21.8 Å². The summed E-state index contributed by atoms with van der Waals surface area (Å²) in [4.78, 5) is 29.2. The molecule has 0 heterocycles. The number of nitrogens with zero attached hydrogens (tertiary/aromatic N) is 2. The van der Waals surface area contributed by atoms with Gasteiger partial charge in [-0.2, -0.15) is 0 Å². The molecule has 2 atom stereocenters. The zero-order valence-corrected chi connectivity index (χ0v) is 26.7. The lowest BCUT2D eigenvalue weighted by atomic mass is 10.0. The maximum atomic E-state index is 14.0. The van der Waals surface area contributed by atoms with Gasteiger partial charge in [0.05, 0.1) is 11.9 Å². The van der Waals surface area contributed by atoms with Gasteiger partial charge in [-0.1, -0.05) is 65.3 Å². The topological polar surface area (TPSA) is 86.8 Å². The molecule has 0 spiro atoms. The highest BCUT2D eigenvalue weighted by Gasteiger charge is 2.33. The first-order valence-corrected chi connectivity index (χ1v) is 16.3. The Hall–Kier alpha value is -2.44. The van der Waals surface area contributed by atoms with Gasteiger partial charge >= 0.3 is 0 Å². The fraction of sp³-hybridized carbons (Fsp3) is 0.310. The van der Waals surface area contributed by atoms with Crippen LogP contribution in [0.25, 0.3) is 0 Å². The average molecular weight is 726 g/mol. The van der Waals surface area contributed by atoms with E-state index in [0.717, 1.165) is 36.2 Å². The van der Waals surface area contributed by atoms with Crippen LogP contribution in [0.3, 0.4) is 0 Å². The number of hydrogen-bond donors (Lipinski definition) is 1. The molecule has 3 rings (SSSR count). The fourth-order valence-electron chi connectivity index (χ4n) is 4.05. The van der Waals surface area contributed by atoms with E-state index in [0.29, 0.717) is 5.69 Å². The van der Waals surface area contributed by atoms with Gasteiger partial charge < -0.3 is 10.2 Å². The number of benzene rings is 3.